The van der Waals surface area contributed by atoms with Crippen molar-refractivity contribution < 1.29 is 0 Å². The molecule has 0 radical (unpaired) electrons. The zero-order chi connectivity index (χ0) is 16.8. The first-order valence-electron chi connectivity index (χ1n) is 8.65. The van der Waals surface area contributed by atoms with Gasteiger partial charge in [-0.2, -0.15) is 5.10 Å². The van der Waals surface area contributed by atoms with E-state index < -0.39 is 0 Å². The SMILES string of the molecule is O=c1ccc(C2CC2)nn1CC1CN(c2ncnc3cnccc23)C1. The van der Waals surface area contributed by atoms with Crippen LogP contribution in [0.4, 0.5) is 5.82 Å². The quantitative estimate of drug-likeness (QED) is 0.721. The van der Waals surface area contributed by atoms with Crippen LogP contribution in [-0.2, 0) is 6.54 Å². The Morgan fingerprint density at radius 1 is 1.12 bits per heavy atom. The minimum Gasteiger partial charge on any atom is -0.355 e. The molecule has 1 saturated heterocycles. The monoisotopic (exact) mass is 334 g/mol. The summed E-state index contributed by atoms with van der Waals surface area (Å²) in [5.74, 6) is 1.91. The first-order valence-corrected chi connectivity index (χ1v) is 8.65. The summed E-state index contributed by atoms with van der Waals surface area (Å²) in [5.41, 5.74) is 1.90. The van der Waals surface area contributed by atoms with E-state index in [4.69, 9.17) is 0 Å². The summed E-state index contributed by atoms with van der Waals surface area (Å²) in [5, 5.41) is 5.57. The topological polar surface area (TPSA) is 76.8 Å². The summed E-state index contributed by atoms with van der Waals surface area (Å²) >= 11 is 0. The first kappa shape index (κ1) is 14.5. The minimum atomic E-state index is -0.0126. The Morgan fingerprint density at radius 3 is 2.84 bits per heavy atom. The standard InChI is InChI=1S/C18H18N6O/c25-17-4-3-15(13-1-2-13)22-24(17)10-12-8-23(9-12)18-14-5-6-19-7-16(14)20-11-21-18/h3-7,11-13H,1-2,8-10H2. The van der Waals surface area contributed by atoms with Crippen molar-refractivity contribution in [3.63, 3.8) is 0 Å². The Bertz CT molecular complexity index is 985. The highest BCUT2D eigenvalue weighted by atomic mass is 16.1. The average Bonchev–Trinajstić information content (AvgIpc) is 3.44. The zero-order valence-electron chi connectivity index (χ0n) is 13.7. The molecule has 3 aromatic heterocycles. The Balaban J connectivity index is 1.32. The van der Waals surface area contributed by atoms with Crippen LogP contribution in [0.25, 0.3) is 10.9 Å². The second-order valence-corrected chi connectivity index (χ2v) is 6.91. The first-order chi connectivity index (χ1) is 12.3. The molecule has 5 rings (SSSR count). The molecule has 25 heavy (non-hydrogen) atoms. The summed E-state index contributed by atoms with van der Waals surface area (Å²) in [7, 11) is 0. The lowest BCUT2D eigenvalue weighted by Crippen LogP contribution is -2.50. The van der Waals surface area contributed by atoms with Crippen molar-refractivity contribution in [2.45, 2.75) is 25.3 Å². The lowest BCUT2D eigenvalue weighted by Gasteiger charge is -2.40. The van der Waals surface area contributed by atoms with Crippen molar-refractivity contribution in [3.05, 3.63) is 53.0 Å². The predicted molar refractivity (Wildman–Crippen MR) is 93.5 cm³/mol. The van der Waals surface area contributed by atoms with E-state index in [1.165, 1.54) is 12.8 Å². The Labute approximate surface area is 144 Å². The van der Waals surface area contributed by atoms with Gasteiger partial charge in [-0.15, -0.1) is 0 Å². The summed E-state index contributed by atoms with van der Waals surface area (Å²) in [4.78, 5) is 27.1. The molecule has 1 aliphatic carbocycles. The maximum Gasteiger partial charge on any atom is 0.266 e. The van der Waals surface area contributed by atoms with Crippen molar-refractivity contribution in [2.24, 2.45) is 5.92 Å². The van der Waals surface area contributed by atoms with E-state index >= 15 is 0 Å². The van der Waals surface area contributed by atoms with Crippen molar-refractivity contribution in [2.75, 3.05) is 18.0 Å². The third-order valence-corrected chi connectivity index (χ3v) is 4.99. The number of aromatic nitrogens is 5. The van der Waals surface area contributed by atoms with Crippen molar-refractivity contribution in [1.29, 1.82) is 0 Å². The summed E-state index contributed by atoms with van der Waals surface area (Å²) in [6, 6.07) is 5.48. The Kier molecular flexibility index (Phi) is 3.26. The van der Waals surface area contributed by atoms with E-state index in [9.17, 15) is 4.79 Å². The second-order valence-electron chi connectivity index (χ2n) is 6.91. The molecule has 7 nitrogen and oxygen atoms in total. The van der Waals surface area contributed by atoms with Gasteiger partial charge in [0.2, 0.25) is 0 Å². The van der Waals surface area contributed by atoms with Gasteiger partial charge in [0.1, 0.15) is 12.1 Å². The summed E-state index contributed by atoms with van der Waals surface area (Å²) in [6.07, 6.45) is 7.48. The molecule has 4 heterocycles. The van der Waals surface area contributed by atoms with Gasteiger partial charge in [0.05, 0.1) is 24.0 Å². The van der Waals surface area contributed by atoms with Crippen LogP contribution >= 0.6 is 0 Å². The van der Waals surface area contributed by atoms with Gasteiger partial charge in [-0.25, -0.2) is 14.6 Å². The van der Waals surface area contributed by atoms with E-state index in [1.54, 1.807) is 29.5 Å². The second kappa shape index (κ2) is 5.61. The number of hydrogen-bond donors (Lipinski definition) is 0. The third kappa shape index (κ3) is 2.65. The van der Waals surface area contributed by atoms with E-state index in [2.05, 4.69) is 25.0 Å². The van der Waals surface area contributed by atoms with Crippen LogP contribution in [0.5, 0.6) is 0 Å². The maximum atomic E-state index is 12.1. The number of nitrogens with zero attached hydrogens (tertiary/aromatic N) is 6. The maximum absolute atomic E-state index is 12.1. The Hall–Kier alpha value is -2.83. The summed E-state index contributed by atoms with van der Waals surface area (Å²) < 4.78 is 1.64. The number of anilines is 1. The highest BCUT2D eigenvalue weighted by Gasteiger charge is 2.30. The van der Waals surface area contributed by atoms with Crippen molar-refractivity contribution in [1.82, 2.24) is 24.7 Å². The molecule has 3 aromatic rings. The molecular weight excluding hydrogens is 316 g/mol. The molecule has 0 amide bonds. The molecule has 2 fully saturated rings. The van der Waals surface area contributed by atoms with Crippen LogP contribution in [0.2, 0.25) is 0 Å². The van der Waals surface area contributed by atoms with E-state index in [0.29, 0.717) is 18.4 Å². The molecule has 0 spiro atoms. The number of pyridine rings is 1. The molecule has 0 atom stereocenters. The van der Waals surface area contributed by atoms with Crippen LogP contribution in [0.3, 0.4) is 0 Å². The van der Waals surface area contributed by atoms with Crippen LogP contribution in [0.15, 0.2) is 41.7 Å². The van der Waals surface area contributed by atoms with Gasteiger partial charge in [0.25, 0.3) is 5.56 Å². The van der Waals surface area contributed by atoms with E-state index in [0.717, 1.165) is 35.5 Å². The minimum absolute atomic E-state index is 0.0126. The van der Waals surface area contributed by atoms with Crippen LogP contribution in [0, 0.1) is 5.92 Å². The predicted octanol–water partition coefficient (Wildman–Crippen LogP) is 1.60. The molecular formula is C18H18N6O. The molecule has 2 aliphatic rings. The molecule has 0 bridgehead atoms. The highest BCUT2D eigenvalue weighted by molar-refractivity contribution is 5.88. The van der Waals surface area contributed by atoms with Crippen LogP contribution in [0.1, 0.15) is 24.5 Å². The van der Waals surface area contributed by atoms with Gasteiger partial charge in [-0.1, -0.05) is 0 Å². The van der Waals surface area contributed by atoms with Gasteiger partial charge in [-0.05, 0) is 25.0 Å². The highest BCUT2D eigenvalue weighted by Crippen LogP contribution is 2.38. The molecule has 1 aliphatic heterocycles. The van der Waals surface area contributed by atoms with E-state index in [1.807, 2.05) is 12.1 Å². The fourth-order valence-corrected chi connectivity index (χ4v) is 3.44. The largest absolute Gasteiger partial charge is 0.355 e. The van der Waals surface area contributed by atoms with Crippen LogP contribution < -0.4 is 10.5 Å². The molecule has 0 unspecified atom stereocenters. The number of rotatable bonds is 4. The van der Waals surface area contributed by atoms with Gasteiger partial charge in [0.15, 0.2) is 0 Å². The lowest BCUT2D eigenvalue weighted by atomic mass is 9.99. The van der Waals surface area contributed by atoms with Gasteiger partial charge >= 0.3 is 0 Å². The molecule has 7 heteroatoms. The normalized spacial score (nSPS) is 17.7. The summed E-state index contributed by atoms with van der Waals surface area (Å²) in [6.45, 7) is 2.41. The van der Waals surface area contributed by atoms with Crippen molar-refractivity contribution in [3.8, 4) is 0 Å². The fraction of sp³-hybridized carbons (Fsp3) is 0.389. The Morgan fingerprint density at radius 2 is 2.00 bits per heavy atom. The van der Waals surface area contributed by atoms with Crippen molar-refractivity contribution >= 4 is 16.7 Å². The zero-order valence-corrected chi connectivity index (χ0v) is 13.7. The molecule has 0 N–H and O–H groups in total. The third-order valence-electron chi connectivity index (χ3n) is 4.99. The van der Waals surface area contributed by atoms with Gasteiger partial charge in [-0.3, -0.25) is 9.78 Å². The molecule has 1 saturated carbocycles. The smallest absolute Gasteiger partial charge is 0.266 e. The average molecular weight is 334 g/mol. The van der Waals surface area contributed by atoms with Gasteiger partial charge in [0, 0.05) is 42.6 Å². The number of hydrogen-bond acceptors (Lipinski definition) is 6. The van der Waals surface area contributed by atoms with E-state index in [-0.39, 0.29) is 5.56 Å². The fourth-order valence-electron chi connectivity index (χ4n) is 3.44. The van der Waals surface area contributed by atoms with Gasteiger partial charge < -0.3 is 4.90 Å². The lowest BCUT2D eigenvalue weighted by molar-refractivity contribution is 0.332. The molecule has 0 aromatic carbocycles. The van der Waals surface area contributed by atoms with Crippen LogP contribution in [-0.4, -0.2) is 37.8 Å². The molecule has 126 valence electrons. The number of fused-ring (bicyclic) bond motifs is 1.